The van der Waals surface area contributed by atoms with E-state index in [0.717, 1.165) is 54.5 Å². The number of aliphatic hydroxyl groups is 1. The van der Waals surface area contributed by atoms with Crippen LogP contribution >= 0.6 is 24.0 Å². The van der Waals surface area contributed by atoms with Gasteiger partial charge in [0.1, 0.15) is 0 Å². The van der Waals surface area contributed by atoms with E-state index in [1.54, 1.807) is 0 Å². The Kier molecular flexibility index (Phi) is 7.67. The Labute approximate surface area is 178 Å². The number of nitrogens with one attached hydrogen (secondary N) is 2. The van der Waals surface area contributed by atoms with Gasteiger partial charge in [-0.05, 0) is 51.3 Å². The standard InChI is InChI=1S/C20H29N5O.HI/c1-4-21-19(23-13-20(14-26)9-10-20)22-12-17-7-5-6-8-18(17)25-16(3)11-15(2)24-25;/h5-8,11,26H,4,9-10,12-14H2,1-3H3,(H2,21,22,23);1H. The van der Waals surface area contributed by atoms with Crippen LogP contribution in [0.15, 0.2) is 35.3 Å². The molecule has 1 aliphatic carbocycles. The van der Waals surface area contributed by atoms with E-state index in [1.165, 1.54) is 0 Å². The molecule has 1 saturated carbocycles. The molecule has 0 aliphatic heterocycles. The first-order chi connectivity index (χ1) is 12.6. The Bertz CT molecular complexity index is 782. The zero-order valence-corrected chi connectivity index (χ0v) is 18.7. The van der Waals surface area contributed by atoms with Crippen LogP contribution < -0.4 is 10.6 Å². The fourth-order valence-corrected chi connectivity index (χ4v) is 3.07. The van der Waals surface area contributed by atoms with Gasteiger partial charge in [-0.3, -0.25) is 0 Å². The number of benzene rings is 1. The molecule has 0 atom stereocenters. The van der Waals surface area contributed by atoms with E-state index < -0.39 is 0 Å². The molecule has 0 radical (unpaired) electrons. The highest BCUT2D eigenvalue weighted by Crippen LogP contribution is 2.44. The Morgan fingerprint density at radius 1 is 1.26 bits per heavy atom. The molecular formula is C20H30IN5O. The lowest BCUT2D eigenvalue weighted by atomic mass is 10.1. The minimum absolute atomic E-state index is 0. The topological polar surface area (TPSA) is 74.5 Å². The van der Waals surface area contributed by atoms with Gasteiger partial charge in [0.2, 0.25) is 0 Å². The number of halogens is 1. The molecule has 1 aromatic heterocycles. The molecule has 0 spiro atoms. The van der Waals surface area contributed by atoms with Gasteiger partial charge in [-0.15, -0.1) is 24.0 Å². The van der Waals surface area contributed by atoms with Gasteiger partial charge in [0.15, 0.2) is 5.96 Å². The third-order valence-corrected chi connectivity index (χ3v) is 4.90. The van der Waals surface area contributed by atoms with Crippen LogP contribution in [0.3, 0.4) is 0 Å². The van der Waals surface area contributed by atoms with Crippen molar-refractivity contribution in [3.05, 3.63) is 47.3 Å². The number of aromatic nitrogens is 2. The van der Waals surface area contributed by atoms with Crippen molar-refractivity contribution >= 4 is 29.9 Å². The largest absolute Gasteiger partial charge is 0.396 e. The predicted molar refractivity (Wildman–Crippen MR) is 120 cm³/mol. The zero-order chi connectivity index (χ0) is 18.6. The maximum Gasteiger partial charge on any atom is 0.191 e. The third kappa shape index (κ3) is 5.44. The van der Waals surface area contributed by atoms with Gasteiger partial charge in [0.05, 0.1) is 24.5 Å². The molecule has 0 amide bonds. The summed E-state index contributed by atoms with van der Waals surface area (Å²) in [5, 5.41) is 20.8. The fraction of sp³-hybridized carbons (Fsp3) is 0.500. The third-order valence-electron chi connectivity index (χ3n) is 4.90. The Hall–Kier alpha value is -1.61. The van der Waals surface area contributed by atoms with Crippen LogP contribution in [-0.4, -0.2) is 40.5 Å². The zero-order valence-electron chi connectivity index (χ0n) is 16.3. The average molecular weight is 483 g/mol. The van der Waals surface area contributed by atoms with Gasteiger partial charge in [0.25, 0.3) is 0 Å². The van der Waals surface area contributed by atoms with E-state index in [4.69, 9.17) is 4.99 Å². The van der Waals surface area contributed by atoms with Crippen LogP contribution in [0.1, 0.15) is 36.7 Å². The highest BCUT2D eigenvalue weighted by atomic mass is 127. The number of rotatable bonds is 7. The lowest BCUT2D eigenvalue weighted by Crippen LogP contribution is -2.41. The SMILES string of the molecule is CCNC(=NCc1ccccc1-n1nc(C)cc1C)NCC1(CO)CC1.I. The summed E-state index contributed by atoms with van der Waals surface area (Å²) in [7, 11) is 0. The first-order valence-electron chi connectivity index (χ1n) is 9.31. The smallest absolute Gasteiger partial charge is 0.191 e. The summed E-state index contributed by atoms with van der Waals surface area (Å²) in [6, 6.07) is 10.3. The number of para-hydroxylation sites is 1. The number of hydrogen-bond acceptors (Lipinski definition) is 3. The van der Waals surface area contributed by atoms with Crippen LogP contribution in [-0.2, 0) is 6.54 Å². The molecule has 148 valence electrons. The molecule has 3 rings (SSSR count). The van der Waals surface area contributed by atoms with E-state index in [2.05, 4.69) is 47.8 Å². The maximum absolute atomic E-state index is 9.49. The molecule has 2 aromatic rings. The highest BCUT2D eigenvalue weighted by molar-refractivity contribution is 14.0. The van der Waals surface area contributed by atoms with Crippen LogP contribution in [0.5, 0.6) is 0 Å². The fourth-order valence-electron chi connectivity index (χ4n) is 3.07. The molecule has 0 unspecified atom stereocenters. The van der Waals surface area contributed by atoms with E-state index in [-0.39, 0.29) is 36.0 Å². The Morgan fingerprint density at radius 3 is 2.59 bits per heavy atom. The van der Waals surface area contributed by atoms with Crippen molar-refractivity contribution in [2.24, 2.45) is 10.4 Å². The molecule has 1 aromatic carbocycles. The van der Waals surface area contributed by atoms with Crippen molar-refractivity contribution in [3.8, 4) is 5.69 Å². The summed E-state index contributed by atoms with van der Waals surface area (Å²) >= 11 is 0. The number of aliphatic hydroxyl groups excluding tert-OH is 1. The summed E-state index contributed by atoms with van der Waals surface area (Å²) in [6.07, 6.45) is 2.16. The van der Waals surface area contributed by atoms with Gasteiger partial charge in [0, 0.05) is 24.2 Å². The lowest BCUT2D eigenvalue weighted by molar-refractivity contribution is 0.212. The minimum Gasteiger partial charge on any atom is -0.396 e. The van der Waals surface area contributed by atoms with Crippen LogP contribution in [0, 0.1) is 19.3 Å². The van der Waals surface area contributed by atoms with Gasteiger partial charge in [-0.25, -0.2) is 9.67 Å². The monoisotopic (exact) mass is 483 g/mol. The Balaban J connectivity index is 0.00000261. The van der Waals surface area contributed by atoms with Crippen molar-refractivity contribution in [1.82, 2.24) is 20.4 Å². The summed E-state index contributed by atoms with van der Waals surface area (Å²) in [6.45, 7) is 8.49. The molecule has 27 heavy (non-hydrogen) atoms. The van der Waals surface area contributed by atoms with Crippen molar-refractivity contribution in [2.45, 2.75) is 40.2 Å². The van der Waals surface area contributed by atoms with Crippen LogP contribution in [0.2, 0.25) is 0 Å². The van der Waals surface area contributed by atoms with Crippen molar-refractivity contribution in [1.29, 1.82) is 0 Å². The van der Waals surface area contributed by atoms with Crippen molar-refractivity contribution < 1.29 is 5.11 Å². The molecule has 1 aliphatic rings. The van der Waals surface area contributed by atoms with E-state index in [0.29, 0.717) is 6.54 Å². The normalized spacial score (nSPS) is 15.2. The van der Waals surface area contributed by atoms with Crippen molar-refractivity contribution in [3.63, 3.8) is 0 Å². The molecule has 3 N–H and O–H groups in total. The van der Waals surface area contributed by atoms with E-state index >= 15 is 0 Å². The average Bonchev–Trinajstić information content (AvgIpc) is 3.35. The summed E-state index contributed by atoms with van der Waals surface area (Å²) in [4.78, 5) is 4.74. The van der Waals surface area contributed by atoms with E-state index in [9.17, 15) is 5.11 Å². The van der Waals surface area contributed by atoms with Gasteiger partial charge < -0.3 is 15.7 Å². The van der Waals surface area contributed by atoms with E-state index in [1.807, 2.05) is 23.7 Å². The number of aliphatic imine (C=N–C) groups is 1. The molecule has 1 fully saturated rings. The summed E-state index contributed by atoms with van der Waals surface area (Å²) in [5.41, 5.74) is 4.36. The van der Waals surface area contributed by atoms with Crippen LogP contribution in [0.4, 0.5) is 0 Å². The molecule has 7 heteroatoms. The van der Waals surface area contributed by atoms with Crippen molar-refractivity contribution in [2.75, 3.05) is 19.7 Å². The quantitative estimate of drug-likeness (QED) is 0.322. The first kappa shape index (κ1) is 21.7. The van der Waals surface area contributed by atoms with Crippen LogP contribution in [0.25, 0.3) is 5.69 Å². The van der Waals surface area contributed by atoms with Gasteiger partial charge in [-0.1, -0.05) is 18.2 Å². The number of nitrogens with zero attached hydrogens (tertiary/aromatic N) is 3. The lowest BCUT2D eigenvalue weighted by Gasteiger charge is -2.16. The highest BCUT2D eigenvalue weighted by Gasteiger charge is 2.41. The molecular weight excluding hydrogens is 453 g/mol. The summed E-state index contributed by atoms with van der Waals surface area (Å²) in [5.74, 6) is 0.787. The number of guanidine groups is 1. The second-order valence-electron chi connectivity index (χ2n) is 7.17. The second kappa shape index (κ2) is 9.54. The molecule has 1 heterocycles. The van der Waals surface area contributed by atoms with Gasteiger partial charge in [-0.2, -0.15) is 5.10 Å². The number of aryl methyl sites for hydroxylation is 2. The number of hydrogen-bond donors (Lipinski definition) is 3. The predicted octanol–water partition coefficient (Wildman–Crippen LogP) is 2.93. The second-order valence-corrected chi connectivity index (χ2v) is 7.17. The molecule has 0 bridgehead atoms. The van der Waals surface area contributed by atoms with Gasteiger partial charge >= 0.3 is 0 Å². The summed E-state index contributed by atoms with van der Waals surface area (Å²) < 4.78 is 1.98. The molecule has 6 nitrogen and oxygen atoms in total. The first-order valence-corrected chi connectivity index (χ1v) is 9.31. The minimum atomic E-state index is 0. The maximum atomic E-state index is 9.49. The Morgan fingerprint density at radius 2 is 2.00 bits per heavy atom. The molecule has 0 saturated heterocycles.